The number of hydrogen-bond acceptors (Lipinski definition) is 3. The highest BCUT2D eigenvalue weighted by molar-refractivity contribution is 6.13. The van der Waals surface area contributed by atoms with Crippen molar-refractivity contribution in [2.45, 2.75) is 6.92 Å². The Morgan fingerprint density at radius 2 is 1.95 bits per heavy atom. The number of carbonyl (C=O) groups excluding carboxylic acids is 1. The number of rotatable bonds is 2. The van der Waals surface area contributed by atoms with Crippen molar-refractivity contribution in [3.63, 3.8) is 0 Å². The number of nitrogens with one attached hydrogen (secondary N) is 1. The molecule has 21 heavy (non-hydrogen) atoms. The van der Waals surface area contributed by atoms with Gasteiger partial charge in [0.25, 0.3) is 5.91 Å². The van der Waals surface area contributed by atoms with Crippen molar-refractivity contribution < 1.29 is 4.79 Å². The van der Waals surface area contributed by atoms with Gasteiger partial charge in [0.05, 0.1) is 22.5 Å². The first-order valence-electron chi connectivity index (χ1n) is 6.66. The van der Waals surface area contributed by atoms with Gasteiger partial charge in [0.1, 0.15) is 0 Å². The van der Waals surface area contributed by atoms with E-state index in [0.29, 0.717) is 16.9 Å². The lowest BCUT2D eigenvalue weighted by atomic mass is 10.1. The first kappa shape index (κ1) is 13.1. The van der Waals surface area contributed by atoms with E-state index in [1.165, 1.54) is 0 Å². The van der Waals surface area contributed by atoms with Crippen molar-refractivity contribution in [2.75, 3.05) is 11.1 Å². The normalized spacial score (nSPS) is 10.5. The molecule has 0 bridgehead atoms. The summed E-state index contributed by atoms with van der Waals surface area (Å²) in [6.07, 6.45) is 1.64. The highest BCUT2D eigenvalue weighted by Gasteiger charge is 2.11. The number of pyridine rings is 1. The van der Waals surface area contributed by atoms with Gasteiger partial charge >= 0.3 is 0 Å². The molecule has 0 saturated carbocycles. The fraction of sp³-hybridized carbons (Fsp3) is 0.0588. The highest BCUT2D eigenvalue weighted by Crippen LogP contribution is 2.22. The first-order valence-corrected chi connectivity index (χ1v) is 6.66. The van der Waals surface area contributed by atoms with Gasteiger partial charge in [-0.05, 0) is 36.8 Å². The second-order valence-electron chi connectivity index (χ2n) is 4.92. The van der Waals surface area contributed by atoms with E-state index in [1.807, 2.05) is 43.3 Å². The largest absolute Gasteiger partial charge is 0.397 e. The molecule has 0 aliphatic carbocycles. The van der Waals surface area contributed by atoms with Gasteiger partial charge in [-0.2, -0.15) is 0 Å². The Kier molecular flexibility index (Phi) is 3.28. The van der Waals surface area contributed by atoms with Crippen molar-refractivity contribution in [1.29, 1.82) is 0 Å². The fourth-order valence-corrected chi connectivity index (χ4v) is 2.26. The maximum absolute atomic E-state index is 12.5. The summed E-state index contributed by atoms with van der Waals surface area (Å²) in [5, 5.41) is 3.69. The van der Waals surface area contributed by atoms with Gasteiger partial charge in [0.2, 0.25) is 0 Å². The molecule has 0 radical (unpaired) electrons. The van der Waals surface area contributed by atoms with Gasteiger partial charge in [-0.1, -0.05) is 24.3 Å². The van der Waals surface area contributed by atoms with E-state index >= 15 is 0 Å². The molecule has 0 fully saturated rings. The Morgan fingerprint density at radius 1 is 1.14 bits per heavy atom. The summed E-state index contributed by atoms with van der Waals surface area (Å²) in [5.41, 5.74) is 9.50. The topological polar surface area (TPSA) is 68.0 Å². The first-order chi connectivity index (χ1) is 10.1. The average Bonchev–Trinajstić information content (AvgIpc) is 2.50. The van der Waals surface area contributed by atoms with Crippen LogP contribution in [0, 0.1) is 6.92 Å². The Bertz CT molecular complexity index is 822. The van der Waals surface area contributed by atoms with Crippen LogP contribution in [0.4, 0.5) is 11.4 Å². The third-order valence-electron chi connectivity index (χ3n) is 3.35. The molecular weight excluding hydrogens is 262 g/mol. The van der Waals surface area contributed by atoms with Gasteiger partial charge in [0.15, 0.2) is 0 Å². The Hall–Kier alpha value is -2.88. The summed E-state index contributed by atoms with van der Waals surface area (Å²) in [4.78, 5) is 16.8. The van der Waals surface area contributed by atoms with Crippen LogP contribution in [0.3, 0.4) is 0 Å². The van der Waals surface area contributed by atoms with Gasteiger partial charge in [-0.25, -0.2) is 0 Å². The minimum absolute atomic E-state index is 0.189. The third-order valence-corrected chi connectivity index (χ3v) is 3.35. The molecule has 3 N–H and O–H groups in total. The number of anilines is 2. The number of fused-ring (bicyclic) bond motifs is 1. The quantitative estimate of drug-likeness (QED) is 0.706. The standard InChI is InChI=1S/C17H15N3O/c1-11-6-7-14(18)16(10-11)20-17(21)13-8-9-19-15-5-3-2-4-12(13)15/h2-10H,18H2,1H3,(H,20,21). The summed E-state index contributed by atoms with van der Waals surface area (Å²) in [6, 6.07) is 14.8. The fourth-order valence-electron chi connectivity index (χ4n) is 2.26. The second-order valence-corrected chi connectivity index (χ2v) is 4.92. The van der Waals surface area contributed by atoms with Crippen LogP contribution in [0.5, 0.6) is 0 Å². The van der Waals surface area contributed by atoms with E-state index in [9.17, 15) is 4.79 Å². The molecule has 1 aromatic heterocycles. The van der Waals surface area contributed by atoms with E-state index in [1.54, 1.807) is 18.3 Å². The van der Waals surface area contributed by atoms with Gasteiger partial charge < -0.3 is 11.1 Å². The molecule has 1 amide bonds. The van der Waals surface area contributed by atoms with Crippen molar-refractivity contribution >= 4 is 28.2 Å². The van der Waals surface area contributed by atoms with Crippen LogP contribution < -0.4 is 11.1 Å². The number of aromatic nitrogens is 1. The molecule has 0 atom stereocenters. The monoisotopic (exact) mass is 277 g/mol. The van der Waals surface area contributed by atoms with Crippen LogP contribution in [0.1, 0.15) is 15.9 Å². The van der Waals surface area contributed by atoms with Crippen LogP contribution >= 0.6 is 0 Å². The van der Waals surface area contributed by atoms with E-state index in [4.69, 9.17) is 5.73 Å². The molecule has 3 rings (SSSR count). The molecule has 2 aromatic carbocycles. The lowest BCUT2D eigenvalue weighted by Crippen LogP contribution is -2.14. The smallest absolute Gasteiger partial charge is 0.256 e. The minimum Gasteiger partial charge on any atom is -0.397 e. The van der Waals surface area contributed by atoms with E-state index in [-0.39, 0.29) is 5.91 Å². The van der Waals surface area contributed by atoms with E-state index in [0.717, 1.165) is 16.5 Å². The molecular formula is C17H15N3O. The maximum Gasteiger partial charge on any atom is 0.256 e. The van der Waals surface area contributed by atoms with E-state index < -0.39 is 0 Å². The van der Waals surface area contributed by atoms with Crippen molar-refractivity contribution in [1.82, 2.24) is 4.98 Å². The molecule has 1 heterocycles. The molecule has 0 saturated heterocycles. The van der Waals surface area contributed by atoms with Crippen LogP contribution in [0.25, 0.3) is 10.9 Å². The van der Waals surface area contributed by atoms with Crippen LogP contribution in [0.2, 0.25) is 0 Å². The molecule has 0 spiro atoms. The predicted octanol–water partition coefficient (Wildman–Crippen LogP) is 3.38. The summed E-state index contributed by atoms with van der Waals surface area (Å²) >= 11 is 0. The van der Waals surface area contributed by atoms with Crippen molar-refractivity contribution in [3.05, 3.63) is 65.9 Å². The number of aryl methyl sites for hydroxylation is 1. The molecule has 4 nitrogen and oxygen atoms in total. The van der Waals surface area contributed by atoms with Crippen molar-refractivity contribution in [3.8, 4) is 0 Å². The number of carbonyl (C=O) groups is 1. The van der Waals surface area contributed by atoms with Crippen LogP contribution in [-0.2, 0) is 0 Å². The zero-order chi connectivity index (χ0) is 14.8. The maximum atomic E-state index is 12.5. The number of nitrogens with zero attached hydrogens (tertiary/aromatic N) is 1. The molecule has 0 aliphatic heterocycles. The summed E-state index contributed by atoms with van der Waals surface area (Å²) in [5.74, 6) is -0.189. The summed E-state index contributed by atoms with van der Waals surface area (Å²) < 4.78 is 0. The molecule has 0 aliphatic rings. The number of hydrogen-bond donors (Lipinski definition) is 2. The van der Waals surface area contributed by atoms with Crippen molar-refractivity contribution in [2.24, 2.45) is 0 Å². The molecule has 4 heteroatoms. The molecule has 3 aromatic rings. The third kappa shape index (κ3) is 2.56. The number of benzene rings is 2. The Balaban J connectivity index is 1.99. The number of nitrogen functional groups attached to an aromatic ring is 1. The van der Waals surface area contributed by atoms with Gasteiger partial charge in [0, 0.05) is 11.6 Å². The Morgan fingerprint density at radius 3 is 2.81 bits per heavy atom. The van der Waals surface area contributed by atoms with Crippen LogP contribution in [0.15, 0.2) is 54.7 Å². The van der Waals surface area contributed by atoms with Gasteiger partial charge in [-0.3, -0.25) is 9.78 Å². The number of nitrogens with two attached hydrogens (primary N) is 1. The second kappa shape index (κ2) is 5.25. The summed E-state index contributed by atoms with van der Waals surface area (Å²) in [7, 11) is 0. The zero-order valence-electron chi connectivity index (χ0n) is 11.6. The zero-order valence-corrected chi connectivity index (χ0v) is 11.6. The molecule has 0 unspecified atom stereocenters. The SMILES string of the molecule is Cc1ccc(N)c(NC(=O)c2ccnc3ccccc23)c1. The summed E-state index contributed by atoms with van der Waals surface area (Å²) in [6.45, 7) is 1.96. The van der Waals surface area contributed by atoms with E-state index in [2.05, 4.69) is 10.3 Å². The van der Waals surface area contributed by atoms with Gasteiger partial charge in [-0.15, -0.1) is 0 Å². The Labute approximate surface area is 122 Å². The lowest BCUT2D eigenvalue weighted by Gasteiger charge is -2.10. The lowest BCUT2D eigenvalue weighted by molar-refractivity contribution is 0.102. The highest BCUT2D eigenvalue weighted by atomic mass is 16.1. The minimum atomic E-state index is -0.189. The number of amides is 1. The van der Waals surface area contributed by atoms with Crippen LogP contribution in [-0.4, -0.2) is 10.9 Å². The predicted molar refractivity (Wildman–Crippen MR) is 85.3 cm³/mol. The average molecular weight is 277 g/mol. The number of para-hydroxylation sites is 1. The molecule has 104 valence electrons.